The average Bonchev–Trinajstić information content (AvgIpc) is 3.84. The first-order valence-electron chi connectivity index (χ1n) is 25.1. The quantitative estimate of drug-likeness (QED) is 0.107. The summed E-state index contributed by atoms with van der Waals surface area (Å²) in [6.07, 6.45) is 8.54. The number of carbonyl (C=O) groups excluding carboxylic acids is 2. The van der Waals surface area contributed by atoms with Gasteiger partial charge in [0.15, 0.2) is 0 Å². The Morgan fingerprint density at radius 1 is 0.900 bits per heavy atom. The fraction of sp³-hybridized carbons (Fsp3) is 0.483. The number of aliphatic hydroxyl groups is 1. The molecule has 6 rings (SSSR count). The smallest absolute Gasteiger partial charge is 0.139 e. The number of benzene rings is 3. The molecule has 386 valence electrons. The van der Waals surface area contributed by atoms with Gasteiger partial charge in [0.1, 0.15) is 18.8 Å². The zero-order chi connectivity index (χ0) is 52.3. The number of hydrogen-bond donors (Lipinski definition) is 3. The second-order valence-electron chi connectivity index (χ2n) is 18.9. The van der Waals surface area contributed by atoms with Crippen LogP contribution in [0, 0.1) is 24.2 Å². The topological polar surface area (TPSA) is 128 Å². The van der Waals surface area contributed by atoms with Gasteiger partial charge >= 0.3 is 0 Å². The van der Waals surface area contributed by atoms with Crippen LogP contribution in [0.25, 0.3) is 39.3 Å². The Labute approximate surface area is 439 Å². The Bertz CT molecular complexity index is 2170. The van der Waals surface area contributed by atoms with Crippen LogP contribution >= 0.6 is 0 Å². The Morgan fingerprint density at radius 2 is 1.49 bits per heavy atom. The van der Waals surface area contributed by atoms with Crippen LogP contribution in [-0.4, -0.2) is 67.1 Å². The molecule has 1 aliphatic heterocycles. The molecule has 1 aromatic heterocycles. The molecule has 1 aliphatic carbocycles. The third-order valence-corrected chi connectivity index (χ3v) is 13.0. The zero-order valence-electron chi connectivity index (χ0n) is 45.9. The van der Waals surface area contributed by atoms with Crippen molar-refractivity contribution in [2.75, 3.05) is 27.2 Å². The Kier molecular flexibility index (Phi) is 32.0. The first kappa shape index (κ1) is 65.7. The first-order valence-corrected chi connectivity index (χ1v) is 25.1. The Hall–Kier alpha value is -4.34. The molecular weight excluding hydrogens is 1040 g/mol. The second kappa shape index (κ2) is 34.1. The normalized spacial score (nSPS) is 15.0. The number of pyridine rings is 1. The second-order valence-corrected chi connectivity index (χ2v) is 18.9. The molecule has 3 aromatic carbocycles. The van der Waals surface area contributed by atoms with Crippen molar-refractivity contribution >= 4 is 24.2 Å². The predicted molar refractivity (Wildman–Crippen MR) is 296 cm³/mol. The van der Waals surface area contributed by atoms with E-state index in [4.69, 9.17) is 20.3 Å². The van der Waals surface area contributed by atoms with E-state index in [2.05, 4.69) is 134 Å². The molecule has 2 heterocycles. The van der Waals surface area contributed by atoms with Gasteiger partial charge in [0.05, 0.1) is 24.0 Å². The SMILES string of the molecule is C=O.CC.CC.CNC(C)(C)C(C)C(CON1CCCC1C=O)C(C)(C)C.CNCc1ccc(C(C)=C(C)C)cc1.Cc1ccc(-c2cc(-c3ccccc3)nc(C3=CCCC=C3O)c2C[NH-])cc1.[W]. The number of nitrogens with one attached hydrogen (secondary N) is 3. The molecule has 3 atom stereocenters. The van der Waals surface area contributed by atoms with Crippen molar-refractivity contribution in [1.82, 2.24) is 20.7 Å². The largest absolute Gasteiger partial charge is 0.674 e. The van der Waals surface area contributed by atoms with Gasteiger partial charge in [-0.1, -0.05) is 151 Å². The number of allylic oxidation sites excluding steroid dienone is 5. The van der Waals surface area contributed by atoms with Crippen LogP contribution in [0.5, 0.6) is 0 Å². The molecule has 9 nitrogen and oxygen atoms in total. The maximum atomic E-state index is 11.1. The molecule has 0 radical (unpaired) electrons. The molecule has 3 unspecified atom stereocenters. The summed E-state index contributed by atoms with van der Waals surface area (Å²) in [7, 11) is 3.98. The van der Waals surface area contributed by atoms with Crippen molar-refractivity contribution in [3.63, 3.8) is 0 Å². The zero-order valence-corrected chi connectivity index (χ0v) is 48.8. The van der Waals surface area contributed by atoms with E-state index >= 15 is 0 Å². The van der Waals surface area contributed by atoms with Crippen LogP contribution in [0.4, 0.5) is 0 Å². The van der Waals surface area contributed by atoms with E-state index in [0.717, 1.165) is 78.6 Å². The van der Waals surface area contributed by atoms with Gasteiger partial charge in [0.2, 0.25) is 0 Å². The summed E-state index contributed by atoms with van der Waals surface area (Å²) in [5, 5.41) is 18.9. The van der Waals surface area contributed by atoms with E-state index in [0.29, 0.717) is 24.1 Å². The monoisotopic (exact) mass is 1130 g/mol. The Morgan fingerprint density at radius 3 is 1.99 bits per heavy atom. The van der Waals surface area contributed by atoms with Crippen molar-refractivity contribution in [1.29, 1.82) is 0 Å². The number of rotatable bonds is 14. The maximum absolute atomic E-state index is 11.1. The number of aldehydes is 1. The van der Waals surface area contributed by atoms with E-state index < -0.39 is 0 Å². The number of hydrogen-bond acceptors (Lipinski definition) is 8. The van der Waals surface area contributed by atoms with Crippen molar-refractivity contribution in [3.8, 4) is 22.4 Å². The number of nitrogens with zero attached hydrogens (tertiary/aromatic N) is 2. The average molecular weight is 1130 g/mol. The first-order chi connectivity index (χ1) is 32.9. The molecule has 0 saturated carbocycles. The Balaban J connectivity index is 0.00000101. The van der Waals surface area contributed by atoms with E-state index in [-0.39, 0.29) is 50.4 Å². The van der Waals surface area contributed by atoms with Crippen LogP contribution in [0.2, 0.25) is 0 Å². The van der Waals surface area contributed by atoms with E-state index in [1.54, 1.807) is 0 Å². The van der Waals surface area contributed by atoms with E-state index in [9.17, 15) is 9.90 Å². The summed E-state index contributed by atoms with van der Waals surface area (Å²) in [4.78, 5) is 30.0. The summed E-state index contributed by atoms with van der Waals surface area (Å²) >= 11 is 0. The number of aliphatic hydroxyl groups excluding tert-OH is 1. The third-order valence-electron chi connectivity index (χ3n) is 13.0. The van der Waals surface area contributed by atoms with Gasteiger partial charge in [-0.15, -0.1) is 6.54 Å². The number of aromatic nitrogens is 1. The van der Waals surface area contributed by atoms with Gasteiger partial charge in [0.25, 0.3) is 0 Å². The van der Waals surface area contributed by atoms with Crippen LogP contribution in [0.1, 0.15) is 144 Å². The van der Waals surface area contributed by atoms with Crippen LogP contribution in [0.3, 0.4) is 0 Å². The summed E-state index contributed by atoms with van der Waals surface area (Å²) in [6, 6.07) is 29.2. The minimum Gasteiger partial charge on any atom is -0.674 e. The van der Waals surface area contributed by atoms with E-state index in [1.165, 1.54) is 27.8 Å². The summed E-state index contributed by atoms with van der Waals surface area (Å²) in [5.41, 5.74) is 21.2. The van der Waals surface area contributed by atoms with Crippen LogP contribution in [0.15, 0.2) is 108 Å². The molecule has 4 aromatic rings. The fourth-order valence-electron chi connectivity index (χ4n) is 8.08. The molecule has 70 heavy (non-hydrogen) atoms. The van der Waals surface area contributed by atoms with E-state index in [1.807, 2.05) is 96.1 Å². The molecule has 4 N–H and O–H groups in total. The third kappa shape index (κ3) is 20.0. The maximum Gasteiger partial charge on any atom is 0.139 e. The molecule has 2 aliphatic rings. The minimum atomic E-state index is -0.0572. The van der Waals surface area contributed by atoms with Crippen molar-refractivity contribution in [2.45, 2.75) is 147 Å². The van der Waals surface area contributed by atoms with Gasteiger partial charge < -0.3 is 31.1 Å². The van der Waals surface area contributed by atoms with Gasteiger partial charge in [-0.25, -0.2) is 4.98 Å². The van der Waals surface area contributed by atoms with Crippen molar-refractivity contribution in [3.05, 3.63) is 142 Å². The van der Waals surface area contributed by atoms with Gasteiger partial charge in [-0.05, 0) is 144 Å². The molecule has 0 spiro atoms. The predicted octanol–water partition coefficient (Wildman–Crippen LogP) is 14.9. The molecule has 1 saturated heterocycles. The fourth-order valence-corrected chi connectivity index (χ4v) is 8.08. The summed E-state index contributed by atoms with van der Waals surface area (Å²) in [5.74, 6) is 1.13. The summed E-state index contributed by atoms with van der Waals surface area (Å²) in [6.45, 7) is 34.7. The minimum absolute atomic E-state index is 0. The number of aryl methyl sites for hydroxylation is 1. The molecule has 0 bridgehead atoms. The van der Waals surface area contributed by atoms with Gasteiger partial charge in [0, 0.05) is 50.8 Å². The number of carbonyl (C=O) groups is 2. The van der Waals surface area contributed by atoms with Gasteiger partial charge in [-0.2, -0.15) is 5.06 Å². The molecule has 10 heteroatoms. The van der Waals surface area contributed by atoms with Crippen LogP contribution in [-0.2, 0) is 48.6 Å². The molecule has 0 amide bonds. The van der Waals surface area contributed by atoms with Crippen LogP contribution < -0.4 is 10.6 Å². The van der Waals surface area contributed by atoms with Gasteiger partial charge in [-0.3, -0.25) is 4.84 Å². The van der Waals surface area contributed by atoms with Crippen molar-refractivity contribution < 1.29 is 40.6 Å². The molecule has 1 fully saturated rings. The molecular formula is C60H90N5O4W-. The standard InChI is InChI=1S/C25H23N2O.C17H34N2O2.C13H19N.2C2H6.CH2O.W/c1-17-11-13-18(14-12-17)21-15-23(19-7-3-2-4-8-19)27-25(22(21)16-26)20-9-5-6-10-24(20)28;1-13(17(5,6)18-7)15(16(2,3)4)12-21-19-10-8-9-14(19)11-20;1-10(2)11(3)13-7-5-12(6-8-13)9-14-4;3*1-2;/h2-4,7-15,26,28H,5-6,16H2,1H3;11,13-15,18H,8-10,12H2,1-7H3;5-8,14H,9H2,1-4H3;2*1-2H3;1H2;/q-1;;;;;;. The number of hydroxylamine groups is 2. The summed E-state index contributed by atoms with van der Waals surface area (Å²) < 4.78 is 0. The van der Waals surface area contributed by atoms with Crippen molar-refractivity contribution in [2.24, 2.45) is 17.3 Å².